The second-order valence-corrected chi connectivity index (χ2v) is 5.57. The van der Waals surface area contributed by atoms with Gasteiger partial charge in [-0.2, -0.15) is 5.26 Å². The van der Waals surface area contributed by atoms with Crippen molar-refractivity contribution in [2.24, 2.45) is 17.6 Å². The third kappa shape index (κ3) is 4.67. The second-order valence-electron chi connectivity index (χ2n) is 5.57. The summed E-state index contributed by atoms with van der Waals surface area (Å²) in [6.45, 7) is 5.06. The van der Waals surface area contributed by atoms with Crippen molar-refractivity contribution in [2.75, 3.05) is 13.6 Å². The highest BCUT2D eigenvalue weighted by Gasteiger charge is 2.21. The number of carbonyl (C=O) groups excluding carboxylic acids is 1. The average molecular weight is 273 g/mol. The quantitative estimate of drug-likeness (QED) is 0.863. The van der Waals surface area contributed by atoms with Gasteiger partial charge in [0.15, 0.2) is 0 Å². The largest absolute Gasteiger partial charge is 0.341 e. The molecule has 20 heavy (non-hydrogen) atoms. The molecule has 1 amide bonds. The normalized spacial score (nSPS) is 12.0. The Morgan fingerprint density at radius 2 is 2.15 bits per heavy atom. The number of carbonyl (C=O) groups is 1. The van der Waals surface area contributed by atoms with Crippen molar-refractivity contribution in [1.82, 2.24) is 4.90 Å². The van der Waals surface area contributed by atoms with Gasteiger partial charge >= 0.3 is 0 Å². The highest BCUT2D eigenvalue weighted by Crippen LogP contribution is 2.15. The lowest BCUT2D eigenvalue weighted by Gasteiger charge is -2.24. The first kappa shape index (κ1) is 16.2. The molecule has 0 heterocycles. The molecule has 2 N–H and O–H groups in total. The lowest BCUT2D eigenvalue weighted by Crippen LogP contribution is -2.37. The lowest BCUT2D eigenvalue weighted by atomic mass is 9.96. The van der Waals surface area contributed by atoms with E-state index >= 15 is 0 Å². The first-order valence-corrected chi connectivity index (χ1v) is 6.92. The van der Waals surface area contributed by atoms with Gasteiger partial charge in [0.1, 0.15) is 0 Å². The van der Waals surface area contributed by atoms with Gasteiger partial charge in [-0.05, 0) is 30.0 Å². The Morgan fingerprint density at radius 1 is 1.45 bits per heavy atom. The summed E-state index contributed by atoms with van der Waals surface area (Å²) in [4.78, 5) is 14.0. The molecular weight excluding hydrogens is 250 g/mol. The standard InChI is InChI=1S/C16H23N3O/c1-12(2)7-15(10-18)16(20)19(3)11-14-6-4-5-13(8-14)9-17/h4-6,8,12,15H,7,10-11,18H2,1-3H3. The molecule has 0 bridgehead atoms. The van der Waals surface area contributed by atoms with Gasteiger partial charge in [0, 0.05) is 20.1 Å². The molecule has 4 heteroatoms. The van der Waals surface area contributed by atoms with Gasteiger partial charge in [0.2, 0.25) is 5.91 Å². The van der Waals surface area contributed by atoms with Gasteiger partial charge in [-0.3, -0.25) is 4.79 Å². The molecule has 1 atom stereocenters. The van der Waals surface area contributed by atoms with Crippen molar-refractivity contribution in [3.63, 3.8) is 0 Å². The van der Waals surface area contributed by atoms with Crippen LogP contribution in [0.3, 0.4) is 0 Å². The molecule has 0 aliphatic rings. The fourth-order valence-corrected chi connectivity index (χ4v) is 2.27. The first-order valence-electron chi connectivity index (χ1n) is 6.92. The van der Waals surface area contributed by atoms with Gasteiger partial charge < -0.3 is 10.6 Å². The Bertz CT molecular complexity index is 491. The smallest absolute Gasteiger partial charge is 0.227 e. The molecule has 0 aliphatic carbocycles. The summed E-state index contributed by atoms with van der Waals surface area (Å²) in [5.74, 6) is 0.394. The Hall–Kier alpha value is -1.86. The molecule has 4 nitrogen and oxygen atoms in total. The van der Waals surface area contributed by atoms with Crippen LogP contribution in [-0.4, -0.2) is 24.4 Å². The highest BCUT2D eigenvalue weighted by atomic mass is 16.2. The number of amides is 1. The number of hydrogen-bond donors (Lipinski definition) is 1. The zero-order valence-corrected chi connectivity index (χ0v) is 12.5. The minimum Gasteiger partial charge on any atom is -0.341 e. The maximum absolute atomic E-state index is 12.3. The number of nitrogens with zero attached hydrogens (tertiary/aromatic N) is 2. The van der Waals surface area contributed by atoms with E-state index in [9.17, 15) is 4.79 Å². The minimum absolute atomic E-state index is 0.0727. The van der Waals surface area contributed by atoms with Gasteiger partial charge in [0.05, 0.1) is 17.6 Å². The summed E-state index contributed by atoms with van der Waals surface area (Å²) in [6, 6.07) is 9.43. The van der Waals surface area contributed by atoms with E-state index in [0.29, 0.717) is 24.6 Å². The van der Waals surface area contributed by atoms with Crippen molar-refractivity contribution in [2.45, 2.75) is 26.8 Å². The SMILES string of the molecule is CC(C)CC(CN)C(=O)N(C)Cc1cccc(C#N)c1. The molecule has 0 fully saturated rings. The first-order chi connectivity index (χ1) is 9.47. The molecule has 108 valence electrons. The van der Waals surface area contributed by atoms with E-state index in [1.54, 1.807) is 18.0 Å². The van der Waals surface area contributed by atoms with E-state index in [-0.39, 0.29) is 11.8 Å². The molecule has 1 aromatic carbocycles. The van der Waals surface area contributed by atoms with Crippen LogP contribution >= 0.6 is 0 Å². The summed E-state index contributed by atoms with van der Waals surface area (Å²) in [6.07, 6.45) is 0.803. The molecule has 0 saturated heterocycles. The maximum atomic E-state index is 12.3. The van der Waals surface area contributed by atoms with Crippen LogP contribution in [0.5, 0.6) is 0 Å². The molecule has 1 aromatic rings. The Kier molecular flexibility index (Phi) is 6.20. The summed E-state index contributed by atoms with van der Waals surface area (Å²) in [5.41, 5.74) is 7.28. The molecule has 0 aliphatic heterocycles. The number of nitriles is 1. The van der Waals surface area contributed by atoms with Crippen molar-refractivity contribution in [3.05, 3.63) is 35.4 Å². The van der Waals surface area contributed by atoms with Crippen molar-refractivity contribution < 1.29 is 4.79 Å². The van der Waals surface area contributed by atoms with Crippen LogP contribution in [0.25, 0.3) is 0 Å². The van der Waals surface area contributed by atoms with Gasteiger partial charge in [-0.25, -0.2) is 0 Å². The Morgan fingerprint density at radius 3 is 2.70 bits per heavy atom. The van der Waals surface area contributed by atoms with Crippen LogP contribution in [0.15, 0.2) is 24.3 Å². The third-order valence-electron chi connectivity index (χ3n) is 3.24. The van der Waals surface area contributed by atoms with Gasteiger partial charge in [-0.15, -0.1) is 0 Å². The van der Waals surface area contributed by atoms with E-state index in [2.05, 4.69) is 19.9 Å². The van der Waals surface area contributed by atoms with Gasteiger partial charge in [-0.1, -0.05) is 26.0 Å². The van der Waals surface area contributed by atoms with Crippen LogP contribution < -0.4 is 5.73 Å². The molecule has 0 saturated carbocycles. The van der Waals surface area contributed by atoms with Crippen LogP contribution in [0, 0.1) is 23.2 Å². The van der Waals surface area contributed by atoms with Crippen molar-refractivity contribution in [1.29, 1.82) is 5.26 Å². The van der Waals surface area contributed by atoms with Crippen LogP contribution in [0.2, 0.25) is 0 Å². The second kappa shape index (κ2) is 7.66. The van der Waals surface area contributed by atoms with Crippen LogP contribution in [-0.2, 0) is 11.3 Å². The van der Waals surface area contributed by atoms with Crippen molar-refractivity contribution >= 4 is 5.91 Å². The monoisotopic (exact) mass is 273 g/mol. The third-order valence-corrected chi connectivity index (χ3v) is 3.24. The summed E-state index contributed by atoms with van der Waals surface area (Å²) < 4.78 is 0. The zero-order chi connectivity index (χ0) is 15.1. The van der Waals surface area contributed by atoms with E-state index in [1.165, 1.54) is 0 Å². The van der Waals surface area contributed by atoms with E-state index in [1.807, 2.05) is 18.2 Å². The number of hydrogen-bond acceptors (Lipinski definition) is 3. The number of benzene rings is 1. The maximum Gasteiger partial charge on any atom is 0.227 e. The van der Waals surface area contributed by atoms with E-state index in [4.69, 9.17) is 11.0 Å². The van der Waals surface area contributed by atoms with E-state index < -0.39 is 0 Å². The zero-order valence-electron chi connectivity index (χ0n) is 12.5. The molecule has 1 unspecified atom stereocenters. The van der Waals surface area contributed by atoms with Crippen molar-refractivity contribution in [3.8, 4) is 6.07 Å². The molecule has 0 aromatic heterocycles. The molecule has 1 rings (SSSR count). The minimum atomic E-state index is -0.126. The Balaban J connectivity index is 2.71. The number of rotatable bonds is 6. The topological polar surface area (TPSA) is 70.1 Å². The molecular formula is C16H23N3O. The average Bonchev–Trinajstić information content (AvgIpc) is 2.43. The predicted octanol–water partition coefficient (Wildman–Crippen LogP) is 2.14. The summed E-state index contributed by atoms with van der Waals surface area (Å²) >= 11 is 0. The molecule has 0 spiro atoms. The fourth-order valence-electron chi connectivity index (χ4n) is 2.27. The summed E-state index contributed by atoms with van der Waals surface area (Å²) in [5, 5.41) is 8.88. The lowest BCUT2D eigenvalue weighted by molar-refractivity contribution is -0.134. The van der Waals surface area contributed by atoms with E-state index in [0.717, 1.165) is 12.0 Å². The Labute approximate surface area is 121 Å². The molecule has 0 radical (unpaired) electrons. The van der Waals surface area contributed by atoms with Crippen LogP contribution in [0.4, 0.5) is 0 Å². The van der Waals surface area contributed by atoms with Crippen LogP contribution in [0.1, 0.15) is 31.4 Å². The predicted molar refractivity (Wildman–Crippen MR) is 79.6 cm³/mol. The number of nitrogens with two attached hydrogens (primary N) is 1. The van der Waals surface area contributed by atoms with Gasteiger partial charge in [0.25, 0.3) is 0 Å². The summed E-state index contributed by atoms with van der Waals surface area (Å²) in [7, 11) is 1.78. The fraction of sp³-hybridized carbons (Fsp3) is 0.500. The highest BCUT2D eigenvalue weighted by molar-refractivity contribution is 5.78.